The van der Waals surface area contributed by atoms with E-state index in [-0.39, 0.29) is 17.0 Å². The van der Waals surface area contributed by atoms with Gasteiger partial charge >= 0.3 is 0 Å². The largest absolute Gasteiger partial charge is 0.497 e. The van der Waals surface area contributed by atoms with Crippen molar-refractivity contribution in [2.45, 2.75) is 44.2 Å². The van der Waals surface area contributed by atoms with Gasteiger partial charge in [0.25, 0.3) is 0 Å². The zero-order valence-corrected chi connectivity index (χ0v) is 15.3. The first kappa shape index (κ1) is 15.4. The minimum atomic E-state index is -0.196. The maximum atomic E-state index is 13.3. The van der Waals surface area contributed by atoms with E-state index in [2.05, 4.69) is 48.1 Å². The Morgan fingerprint density at radius 3 is 2.96 bits per heavy atom. The van der Waals surface area contributed by atoms with E-state index in [0.29, 0.717) is 18.3 Å². The van der Waals surface area contributed by atoms with Crippen LogP contribution in [0.3, 0.4) is 0 Å². The predicted molar refractivity (Wildman–Crippen MR) is 97.8 cm³/mol. The number of fused-ring (bicyclic) bond motifs is 2. The highest BCUT2D eigenvalue weighted by Gasteiger charge is 2.73. The van der Waals surface area contributed by atoms with Gasteiger partial charge in [0, 0.05) is 30.4 Å². The van der Waals surface area contributed by atoms with Crippen LogP contribution in [0.2, 0.25) is 0 Å². The lowest BCUT2D eigenvalue weighted by atomic mass is 9.65. The van der Waals surface area contributed by atoms with Crippen molar-refractivity contribution in [3.05, 3.63) is 35.9 Å². The van der Waals surface area contributed by atoms with Gasteiger partial charge in [0.1, 0.15) is 11.4 Å². The number of likely N-dealkylation sites (N-methyl/N-ethyl adjacent to an activating group) is 1. The summed E-state index contributed by atoms with van der Waals surface area (Å²) in [4.78, 5) is 17.9. The first-order chi connectivity index (χ1) is 12.1. The molecule has 1 aliphatic carbocycles. The smallest absolute Gasteiger partial charge is 0.229 e. The number of carbonyl (C=O) groups is 1. The number of hydrogen-bond donors (Lipinski definition) is 0. The average Bonchev–Trinajstić information content (AvgIpc) is 3.09. The van der Waals surface area contributed by atoms with Crippen molar-refractivity contribution in [3.63, 3.8) is 0 Å². The monoisotopic (exact) mass is 338 g/mol. The van der Waals surface area contributed by atoms with Crippen molar-refractivity contribution >= 4 is 11.6 Å². The summed E-state index contributed by atoms with van der Waals surface area (Å²) in [5.41, 5.74) is 2.18. The Hall–Kier alpha value is -1.81. The Labute approximate surface area is 149 Å². The highest BCUT2D eigenvalue weighted by Crippen LogP contribution is 2.69. The molecule has 1 aromatic carbocycles. The molecule has 1 saturated carbocycles. The lowest BCUT2D eigenvalue weighted by Crippen LogP contribution is -2.69. The fourth-order valence-electron chi connectivity index (χ4n) is 6.67. The van der Waals surface area contributed by atoms with E-state index in [1.54, 1.807) is 7.11 Å². The second-order valence-electron chi connectivity index (χ2n) is 8.16. The number of rotatable bonds is 2. The number of amides is 1. The van der Waals surface area contributed by atoms with Crippen LogP contribution in [0.4, 0.5) is 5.69 Å². The number of carbonyl (C=O) groups excluding carboxylic acids is 1. The summed E-state index contributed by atoms with van der Waals surface area (Å²) in [7, 11) is 3.91. The maximum Gasteiger partial charge on any atom is 0.229 e. The van der Waals surface area contributed by atoms with Crippen LogP contribution in [0.15, 0.2) is 30.4 Å². The fraction of sp³-hybridized carbons (Fsp3) is 0.571. The molecule has 0 bridgehead atoms. The van der Waals surface area contributed by atoms with Crippen LogP contribution in [0, 0.1) is 11.3 Å². The van der Waals surface area contributed by atoms with Crippen molar-refractivity contribution in [1.29, 1.82) is 0 Å². The molecule has 0 N–H and O–H groups in total. The van der Waals surface area contributed by atoms with Crippen LogP contribution in [0.25, 0.3) is 0 Å². The first-order valence-electron chi connectivity index (χ1n) is 9.49. The summed E-state index contributed by atoms with van der Waals surface area (Å²) in [5, 5.41) is 0. The van der Waals surface area contributed by atoms with Crippen LogP contribution in [-0.4, -0.2) is 37.2 Å². The van der Waals surface area contributed by atoms with Gasteiger partial charge in [-0.3, -0.25) is 14.6 Å². The topological polar surface area (TPSA) is 32.8 Å². The summed E-state index contributed by atoms with van der Waals surface area (Å²) >= 11 is 0. The molecule has 132 valence electrons. The van der Waals surface area contributed by atoms with Crippen LogP contribution in [0.1, 0.15) is 44.1 Å². The molecular weight excluding hydrogens is 312 g/mol. The molecule has 4 heteroatoms. The lowest BCUT2D eigenvalue weighted by Gasteiger charge is -2.59. The standard InChI is InChI=1S/C21H26N2O2/c1-4-15-16-7-6-14(25-3)12-18(16)23-19(24)13-20-9-5-11-22(2)21(20,23)17(15)8-10-20/h5-7,9,12,15,17H,4,8,10-11,13H2,1-3H3. The number of anilines is 1. The number of ether oxygens (including phenoxy) is 1. The minimum absolute atomic E-state index is 0.0318. The molecule has 2 fully saturated rings. The number of benzene rings is 1. The van der Waals surface area contributed by atoms with Gasteiger partial charge in [-0.05, 0) is 43.9 Å². The molecule has 1 aromatic rings. The molecule has 4 atom stereocenters. The minimum Gasteiger partial charge on any atom is -0.497 e. The van der Waals surface area contributed by atoms with Gasteiger partial charge in [-0.1, -0.05) is 25.1 Å². The summed E-state index contributed by atoms with van der Waals surface area (Å²) < 4.78 is 5.50. The summed E-state index contributed by atoms with van der Waals surface area (Å²) in [6.07, 6.45) is 8.71. The Morgan fingerprint density at radius 1 is 1.36 bits per heavy atom. The van der Waals surface area contributed by atoms with Crippen molar-refractivity contribution in [2.24, 2.45) is 11.3 Å². The van der Waals surface area contributed by atoms with E-state index in [9.17, 15) is 4.79 Å². The molecule has 0 aromatic heterocycles. The molecular formula is C21H26N2O2. The van der Waals surface area contributed by atoms with Crippen LogP contribution >= 0.6 is 0 Å². The number of hydrogen-bond acceptors (Lipinski definition) is 3. The highest BCUT2D eigenvalue weighted by molar-refractivity contribution is 6.01. The Kier molecular flexibility index (Phi) is 3.01. The molecule has 4 nitrogen and oxygen atoms in total. The van der Waals surface area contributed by atoms with Gasteiger partial charge in [-0.2, -0.15) is 0 Å². The number of nitrogens with zero attached hydrogens (tertiary/aromatic N) is 2. The van der Waals surface area contributed by atoms with E-state index >= 15 is 0 Å². The van der Waals surface area contributed by atoms with Crippen molar-refractivity contribution in [3.8, 4) is 5.75 Å². The van der Waals surface area contributed by atoms with Crippen molar-refractivity contribution in [2.75, 3.05) is 25.6 Å². The molecule has 3 heterocycles. The van der Waals surface area contributed by atoms with Gasteiger partial charge < -0.3 is 4.74 Å². The van der Waals surface area contributed by atoms with E-state index in [1.807, 2.05) is 6.07 Å². The predicted octanol–water partition coefficient (Wildman–Crippen LogP) is 3.53. The lowest BCUT2D eigenvalue weighted by molar-refractivity contribution is -0.118. The van der Waals surface area contributed by atoms with E-state index < -0.39 is 0 Å². The van der Waals surface area contributed by atoms with Gasteiger partial charge in [-0.25, -0.2) is 0 Å². The second-order valence-corrected chi connectivity index (χ2v) is 8.16. The normalized spacial score (nSPS) is 38.5. The molecule has 0 radical (unpaired) electrons. The third kappa shape index (κ3) is 1.56. The van der Waals surface area contributed by atoms with Gasteiger partial charge in [0.05, 0.1) is 12.8 Å². The molecule has 1 amide bonds. The molecule has 1 saturated heterocycles. The molecule has 3 aliphatic heterocycles. The summed E-state index contributed by atoms with van der Waals surface area (Å²) in [5.74, 6) is 2.10. The zero-order valence-electron chi connectivity index (χ0n) is 15.3. The zero-order chi connectivity index (χ0) is 17.4. The summed E-state index contributed by atoms with van der Waals surface area (Å²) in [6, 6.07) is 6.33. The molecule has 1 spiro atoms. The average molecular weight is 338 g/mol. The van der Waals surface area contributed by atoms with Gasteiger partial charge in [0.2, 0.25) is 5.91 Å². The number of methoxy groups -OCH3 is 1. The van der Waals surface area contributed by atoms with E-state index in [4.69, 9.17) is 4.74 Å². The third-order valence-electron chi connectivity index (χ3n) is 7.41. The van der Waals surface area contributed by atoms with Crippen molar-refractivity contribution in [1.82, 2.24) is 4.90 Å². The van der Waals surface area contributed by atoms with Gasteiger partial charge in [0.15, 0.2) is 0 Å². The third-order valence-corrected chi connectivity index (χ3v) is 7.41. The molecule has 5 rings (SSSR count). The fourth-order valence-corrected chi connectivity index (χ4v) is 6.67. The Balaban J connectivity index is 1.83. The quantitative estimate of drug-likeness (QED) is 0.773. The van der Waals surface area contributed by atoms with Gasteiger partial charge in [-0.15, -0.1) is 0 Å². The molecule has 25 heavy (non-hydrogen) atoms. The molecule has 4 unspecified atom stereocenters. The van der Waals surface area contributed by atoms with E-state index in [1.165, 1.54) is 12.0 Å². The maximum absolute atomic E-state index is 13.3. The van der Waals surface area contributed by atoms with Crippen LogP contribution in [-0.2, 0) is 4.79 Å². The first-order valence-corrected chi connectivity index (χ1v) is 9.49. The summed E-state index contributed by atoms with van der Waals surface area (Å²) in [6.45, 7) is 3.21. The van der Waals surface area contributed by atoms with E-state index in [0.717, 1.165) is 30.8 Å². The Morgan fingerprint density at radius 2 is 2.20 bits per heavy atom. The Bertz CT molecular complexity index is 788. The SMILES string of the molecule is CCC1c2ccc(OC)cc2N2C(=O)CC34C=CCN(C)C23C1CC4. The second kappa shape index (κ2) is 4.88. The van der Waals surface area contributed by atoms with Crippen molar-refractivity contribution < 1.29 is 9.53 Å². The van der Waals surface area contributed by atoms with Crippen LogP contribution < -0.4 is 9.64 Å². The van der Waals surface area contributed by atoms with Crippen LogP contribution in [0.5, 0.6) is 5.75 Å². The molecule has 4 aliphatic rings. The highest BCUT2D eigenvalue weighted by atomic mass is 16.5.